The molecule has 0 unspecified atom stereocenters. The van der Waals surface area contributed by atoms with E-state index in [2.05, 4.69) is 52.0 Å². The molecule has 0 spiro atoms. The number of para-hydroxylation sites is 1. The minimum atomic E-state index is 0. The van der Waals surface area contributed by atoms with Crippen LogP contribution in [0.2, 0.25) is 0 Å². The first-order valence-corrected chi connectivity index (χ1v) is 10.6. The summed E-state index contributed by atoms with van der Waals surface area (Å²) < 4.78 is 1.16. The summed E-state index contributed by atoms with van der Waals surface area (Å²) in [6, 6.07) is 8.99. The van der Waals surface area contributed by atoms with E-state index in [9.17, 15) is 0 Å². The number of unbranched alkanes of at least 4 members (excludes halogenated alkanes) is 9. The van der Waals surface area contributed by atoms with Gasteiger partial charge in [0.15, 0.2) is 0 Å². The molecule has 25 heavy (non-hydrogen) atoms. The Labute approximate surface area is 164 Å². The van der Waals surface area contributed by atoms with E-state index in [1.54, 1.807) is 5.69 Å². The molecule has 1 nitrogen and oxygen atoms in total. The van der Waals surface area contributed by atoms with Gasteiger partial charge in [-0.3, -0.25) is 4.48 Å². The lowest BCUT2D eigenvalue weighted by molar-refractivity contribution is -0.00000534. The van der Waals surface area contributed by atoms with Gasteiger partial charge in [-0.05, 0) is 39.7 Å². The van der Waals surface area contributed by atoms with Crippen LogP contribution in [0.25, 0.3) is 0 Å². The Morgan fingerprint density at radius 1 is 0.680 bits per heavy atom. The van der Waals surface area contributed by atoms with E-state index in [1.807, 2.05) is 0 Å². The second kappa shape index (κ2) is 14.6. The zero-order valence-corrected chi connectivity index (χ0v) is 18.1. The molecule has 1 aromatic carbocycles. The predicted molar refractivity (Wildman–Crippen MR) is 111 cm³/mol. The molecule has 0 radical (unpaired) electrons. The number of quaternary nitrogens is 1. The third-order valence-corrected chi connectivity index (χ3v) is 5.78. The van der Waals surface area contributed by atoms with E-state index in [-0.39, 0.29) is 12.4 Å². The number of benzene rings is 1. The monoisotopic (exact) mass is 367 g/mol. The van der Waals surface area contributed by atoms with E-state index in [1.165, 1.54) is 89.4 Å². The van der Waals surface area contributed by atoms with Crippen LogP contribution in [0.15, 0.2) is 24.3 Å². The SMILES string of the molecule is CCCCCCCCCCCC[N+](CC)(CC)c1ccccc1C.[Cl-]. The van der Waals surface area contributed by atoms with E-state index in [0.717, 1.165) is 4.48 Å². The first-order valence-electron chi connectivity index (χ1n) is 10.6. The number of rotatable bonds is 14. The molecule has 0 saturated carbocycles. The molecular weight excluding hydrogens is 326 g/mol. The van der Waals surface area contributed by atoms with Crippen LogP contribution in [0.1, 0.15) is 90.5 Å². The maximum absolute atomic E-state index is 2.35. The lowest BCUT2D eigenvalue weighted by atomic mass is 10.1. The zero-order valence-electron chi connectivity index (χ0n) is 17.3. The molecule has 1 aromatic rings. The Morgan fingerprint density at radius 2 is 1.16 bits per heavy atom. The fraction of sp³-hybridized carbons (Fsp3) is 0.739. The first kappa shape index (κ1) is 24.5. The van der Waals surface area contributed by atoms with Gasteiger partial charge in [-0.2, -0.15) is 0 Å². The lowest BCUT2D eigenvalue weighted by Gasteiger charge is -2.37. The smallest absolute Gasteiger partial charge is 0.135 e. The van der Waals surface area contributed by atoms with E-state index < -0.39 is 0 Å². The summed E-state index contributed by atoms with van der Waals surface area (Å²) in [6.07, 6.45) is 14.2. The van der Waals surface area contributed by atoms with Crippen LogP contribution in [-0.4, -0.2) is 19.6 Å². The molecule has 0 aliphatic rings. The Hall–Kier alpha value is -0.530. The fourth-order valence-electron chi connectivity index (χ4n) is 4.00. The molecule has 0 N–H and O–H groups in total. The van der Waals surface area contributed by atoms with Crippen molar-refractivity contribution in [2.24, 2.45) is 0 Å². The molecule has 0 heterocycles. The quantitative estimate of drug-likeness (QED) is 0.340. The summed E-state index contributed by atoms with van der Waals surface area (Å²) in [5, 5.41) is 0. The number of hydrogen-bond acceptors (Lipinski definition) is 0. The van der Waals surface area contributed by atoms with Crippen molar-refractivity contribution in [2.45, 2.75) is 91.9 Å². The first-order chi connectivity index (χ1) is 11.7. The van der Waals surface area contributed by atoms with Gasteiger partial charge >= 0.3 is 0 Å². The summed E-state index contributed by atoms with van der Waals surface area (Å²) in [4.78, 5) is 0. The van der Waals surface area contributed by atoms with Crippen LogP contribution in [0.5, 0.6) is 0 Å². The van der Waals surface area contributed by atoms with Crippen molar-refractivity contribution >= 4 is 5.69 Å². The summed E-state index contributed by atoms with van der Waals surface area (Å²) >= 11 is 0. The van der Waals surface area contributed by atoms with Crippen molar-refractivity contribution in [1.29, 1.82) is 0 Å². The second-order valence-corrected chi connectivity index (χ2v) is 7.47. The molecule has 0 amide bonds. The van der Waals surface area contributed by atoms with Gasteiger partial charge in [-0.25, -0.2) is 0 Å². The lowest BCUT2D eigenvalue weighted by Crippen LogP contribution is -3.00. The van der Waals surface area contributed by atoms with Gasteiger partial charge in [0.25, 0.3) is 0 Å². The highest BCUT2D eigenvalue weighted by atomic mass is 35.5. The molecule has 1 rings (SSSR count). The third-order valence-electron chi connectivity index (χ3n) is 5.78. The van der Waals surface area contributed by atoms with Crippen LogP contribution >= 0.6 is 0 Å². The number of halogens is 1. The average molecular weight is 368 g/mol. The van der Waals surface area contributed by atoms with Crippen molar-refractivity contribution in [2.75, 3.05) is 19.6 Å². The number of nitrogens with zero attached hydrogens (tertiary/aromatic N) is 1. The maximum atomic E-state index is 2.35. The Bertz CT molecular complexity index is 426. The topological polar surface area (TPSA) is 0 Å². The normalized spacial score (nSPS) is 11.4. The second-order valence-electron chi connectivity index (χ2n) is 7.47. The standard InChI is InChI=1S/C23H42N.ClH/c1-5-8-9-10-11-12-13-14-15-18-21-24(6-2,7-3)23-20-17-16-19-22(23)4;/h16-17,19-20H,5-15,18,21H2,1-4H3;1H/q+1;/p-1. The Kier molecular flexibility index (Phi) is 14.3. The molecule has 0 aliphatic heterocycles. The zero-order chi connectivity index (χ0) is 17.7. The molecule has 0 fully saturated rings. The minimum Gasteiger partial charge on any atom is -1.00 e. The molecule has 0 aromatic heterocycles. The number of aryl methyl sites for hydroxylation is 1. The van der Waals surface area contributed by atoms with Crippen molar-refractivity contribution in [3.8, 4) is 0 Å². The van der Waals surface area contributed by atoms with Crippen LogP contribution in [-0.2, 0) is 0 Å². The third kappa shape index (κ3) is 8.60. The van der Waals surface area contributed by atoms with Gasteiger partial charge in [0.2, 0.25) is 0 Å². The van der Waals surface area contributed by atoms with Gasteiger partial charge in [0, 0.05) is 5.56 Å². The maximum Gasteiger partial charge on any atom is 0.135 e. The molecule has 2 heteroatoms. The molecule has 0 atom stereocenters. The van der Waals surface area contributed by atoms with Crippen molar-refractivity contribution in [1.82, 2.24) is 4.48 Å². The summed E-state index contributed by atoms with van der Waals surface area (Å²) in [6.45, 7) is 13.0. The Morgan fingerprint density at radius 3 is 1.64 bits per heavy atom. The molecule has 0 saturated heterocycles. The van der Waals surface area contributed by atoms with E-state index in [0.29, 0.717) is 0 Å². The van der Waals surface area contributed by atoms with Gasteiger partial charge in [-0.1, -0.05) is 76.5 Å². The molecule has 146 valence electrons. The molecule has 0 aliphatic carbocycles. The van der Waals surface area contributed by atoms with Crippen LogP contribution < -0.4 is 16.9 Å². The summed E-state index contributed by atoms with van der Waals surface area (Å²) in [5.74, 6) is 0. The number of hydrogen-bond donors (Lipinski definition) is 0. The minimum absolute atomic E-state index is 0. The van der Waals surface area contributed by atoms with E-state index >= 15 is 0 Å². The van der Waals surface area contributed by atoms with E-state index in [4.69, 9.17) is 0 Å². The van der Waals surface area contributed by atoms with Crippen LogP contribution in [0.4, 0.5) is 5.69 Å². The van der Waals surface area contributed by atoms with Gasteiger partial charge < -0.3 is 12.4 Å². The van der Waals surface area contributed by atoms with Crippen molar-refractivity contribution in [3.05, 3.63) is 29.8 Å². The molecular formula is C23H42ClN. The summed E-state index contributed by atoms with van der Waals surface area (Å²) in [7, 11) is 0. The fourth-order valence-corrected chi connectivity index (χ4v) is 4.00. The Balaban J connectivity index is 0.00000576. The highest BCUT2D eigenvalue weighted by Gasteiger charge is 2.27. The van der Waals surface area contributed by atoms with Crippen LogP contribution in [0.3, 0.4) is 0 Å². The largest absolute Gasteiger partial charge is 1.00 e. The van der Waals surface area contributed by atoms with Crippen LogP contribution in [0, 0.1) is 6.92 Å². The molecule has 0 bridgehead atoms. The highest BCUT2D eigenvalue weighted by Crippen LogP contribution is 2.27. The van der Waals surface area contributed by atoms with Gasteiger partial charge in [0.1, 0.15) is 5.69 Å². The summed E-state index contributed by atoms with van der Waals surface area (Å²) in [5.41, 5.74) is 2.99. The van der Waals surface area contributed by atoms with Crippen molar-refractivity contribution < 1.29 is 12.4 Å². The van der Waals surface area contributed by atoms with Gasteiger partial charge in [0.05, 0.1) is 19.6 Å². The van der Waals surface area contributed by atoms with Crippen molar-refractivity contribution in [3.63, 3.8) is 0 Å². The predicted octanol–water partition coefficient (Wildman–Crippen LogP) is 4.27. The van der Waals surface area contributed by atoms with Gasteiger partial charge in [-0.15, -0.1) is 0 Å². The highest BCUT2D eigenvalue weighted by molar-refractivity contribution is 5.49. The average Bonchev–Trinajstić information content (AvgIpc) is 2.61.